The van der Waals surface area contributed by atoms with Gasteiger partial charge in [-0.1, -0.05) is 12.2 Å². The van der Waals surface area contributed by atoms with Crippen LogP contribution in [0.5, 0.6) is 11.5 Å². The van der Waals surface area contributed by atoms with Crippen LogP contribution >= 0.6 is 12.2 Å². The molecule has 0 aliphatic carbocycles. The smallest absolute Gasteiger partial charge is 0.163 e. The van der Waals surface area contributed by atoms with Crippen molar-refractivity contribution in [3.63, 3.8) is 0 Å². The normalized spacial score (nSPS) is 9.46. The van der Waals surface area contributed by atoms with Gasteiger partial charge in [0.05, 0.1) is 14.2 Å². The molecule has 0 spiro atoms. The van der Waals surface area contributed by atoms with Crippen LogP contribution in [-0.4, -0.2) is 19.6 Å². The second kappa shape index (κ2) is 4.23. The molecule has 0 bridgehead atoms. The molecule has 0 aromatic heterocycles. The molecule has 0 saturated heterocycles. The van der Waals surface area contributed by atoms with Gasteiger partial charge in [-0.3, -0.25) is 0 Å². The van der Waals surface area contributed by atoms with Gasteiger partial charge in [0, 0.05) is 5.37 Å². The van der Waals surface area contributed by atoms with Crippen molar-refractivity contribution in [2.75, 3.05) is 14.2 Å². The minimum Gasteiger partial charge on any atom is -0.493 e. The predicted molar refractivity (Wildman–Crippen MR) is 57.0 cm³/mol. The third kappa shape index (κ3) is 1.98. The van der Waals surface area contributed by atoms with E-state index in [0.717, 1.165) is 22.6 Å². The molecule has 0 amide bonds. The van der Waals surface area contributed by atoms with E-state index < -0.39 is 0 Å². The maximum atomic E-state index is 5.19. The fourth-order valence-corrected chi connectivity index (χ4v) is 1.39. The monoisotopic (exact) mass is 196 g/mol. The molecule has 1 aromatic carbocycles. The number of thiocarbonyl (C=S) groups is 1. The number of aryl methyl sites for hydroxylation is 1. The molecule has 0 aliphatic rings. The molecule has 0 radical (unpaired) electrons. The van der Waals surface area contributed by atoms with Gasteiger partial charge >= 0.3 is 0 Å². The first-order chi connectivity index (χ1) is 6.22. The Kier molecular flexibility index (Phi) is 3.25. The molecule has 0 unspecified atom stereocenters. The number of rotatable bonds is 3. The minimum atomic E-state index is 0.721. The van der Waals surface area contributed by atoms with Gasteiger partial charge in [-0.25, -0.2) is 0 Å². The van der Waals surface area contributed by atoms with Crippen LogP contribution in [0.4, 0.5) is 0 Å². The van der Waals surface area contributed by atoms with Crippen molar-refractivity contribution in [1.82, 2.24) is 0 Å². The second-order valence-electron chi connectivity index (χ2n) is 2.69. The van der Waals surface area contributed by atoms with E-state index in [0.29, 0.717) is 0 Å². The maximum absolute atomic E-state index is 5.19. The topological polar surface area (TPSA) is 18.5 Å². The molecular formula is C10H12O2S. The van der Waals surface area contributed by atoms with Crippen LogP contribution in [0.25, 0.3) is 0 Å². The number of hydrogen-bond acceptors (Lipinski definition) is 3. The van der Waals surface area contributed by atoms with Crippen molar-refractivity contribution in [1.29, 1.82) is 0 Å². The summed E-state index contributed by atoms with van der Waals surface area (Å²) in [5.74, 6) is 1.49. The van der Waals surface area contributed by atoms with Gasteiger partial charge < -0.3 is 9.47 Å². The van der Waals surface area contributed by atoms with Crippen molar-refractivity contribution in [2.45, 2.75) is 6.92 Å². The van der Waals surface area contributed by atoms with Crippen LogP contribution < -0.4 is 9.47 Å². The molecule has 0 atom stereocenters. The summed E-state index contributed by atoms with van der Waals surface area (Å²) in [5.41, 5.74) is 1.99. The summed E-state index contributed by atoms with van der Waals surface area (Å²) in [4.78, 5) is 0. The minimum absolute atomic E-state index is 0.721. The molecule has 70 valence electrons. The van der Waals surface area contributed by atoms with Crippen LogP contribution in [0.15, 0.2) is 12.1 Å². The van der Waals surface area contributed by atoms with E-state index in [9.17, 15) is 0 Å². The van der Waals surface area contributed by atoms with Crippen LogP contribution in [-0.2, 0) is 0 Å². The van der Waals surface area contributed by atoms with E-state index in [1.165, 1.54) is 0 Å². The number of benzene rings is 1. The molecule has 3 heteroatoms. The number of ether oxygens (including phenoxy) is 2. The molecule has 0 fully saturated rings. The molecular weight excluding hydrogens is 184 g/mol. The Morgan fingerprint density at radius 2 is 1.92 bits per heavy atom. The highest BCUT2D eigenvalue weighted by atomic mass is 32.1. The maximum Gasteiger partial charge on any atom is 0.163 e. The van der Waals surface area contributed by atoms with Gasteiger partial charge in [-0.2, -0.15) is 0 Å². The average molecular weight is 196 g/mol. The quantitative estimate of drug-likeness (QED) is 0.691. The summed E-state index contributed by atoms with van der Waals surface area (Å²) in [7, 11) is 3.24. The molecule has 2 nitrogen and oxygen atoms in total. The van der Waals surface area contributed by atoms with E-state index in [2.05, 4.69) is 0 Å². The standard InChI is InChI=1S/C10H12O2S/c1-7-4-8(6-13)5-9(11-2)10(7)12-3/h4-6H,1-3H3. The summed E-state index contributed by atoms with van der Waals surface area (Å²) in [6.45, 7) is 1.96. The van der Waals surface area contributed by atoms with Crippen LogP contribution in [0.2, 0.25) is 0 Å². The fraction of sp³-hybridized carbons (Fsp3) is 0.300. The van der Waals surface area contributed by atoms with Gasteiger partial charge in [-0.05, 0) is 30.2 Å². The van der Waals surface area contributed by atoms with Gasteiger partial charge in [0.25, 0.3) is 0 Å². The molecule has 0 saturated carbocycles. The molecule has 0 aliphatic heterocycles. The predicted octanol–water partition coefficient (Wildman–Crippen LogP) is 2.36. The summed E-state index contributed by atoms with van der Waals surface area (Å²) < 4.78 is 10.4. The van der Waals surface area contributed by atoms with Crippen molar-refractivity contribution >= 4 is 17.6 Å². The second-order valence-corrected chi connectivity index (χ2v) is 2.93. The van der Waals surface area contributed by atoms with Crippen molar-refractivity contribution < 1.29 is 9.47 Å². The highest BCUT2D eigenvalue weighted by molar-refractivity contribution is 7.79. The molecule has 13 heavy (non-hydrogen) atoms. The third-order valence-electron chi connectivity index (χ3n) is 1.82. The Bertz CT molecular complexity index is 321. The summed E-state index contributed by atoms with van der Waals surface area (Å²) in [5, 5.41) is 1.62. The van der Waals surface area contributed by atoms with E-state index in [1.54, 1.807) is 19.6 Å². The van der Waals surface area contributed by atoms with E-state index in [4.69, 9.17) is 21.7 Å². The van der Waals surface area contributed by atoms with Crippen molar-refractivity contribution in [3.05, 3.63) is 23.3 Å². The highest BCUT2D eigenvalue weighted by Gasteiger charge is 2.07. The Balaban J connectivity index is 3.28. The lowest BCUT2D eigenvalue weighted by Crippen LogP contribution is -1.94. The SMILES string of the molecule is COc1cc(C=S)cc(C)c1OC. The Morgan fingerprint density at radius 3 is 2.38 bits per heavy atom. The fourth-order valence-electron chi connectivity index (χ4n) is 1.25. The molecule has 1 aromatic rings. The van der Waals surface area contributed by atoms with Crippen LogP contribution in [0, 0.1) is 6.92 Å². The van der Waals surface area contributed by atoms with Crippen LogP contribution in [0.1, 0.15) is 11.1 Å². The van der Waals surface area contributed by atoms with Gasteiger partial charge in [0.15, 0.2) is 11.5 Å². The van der Waals surface area contributed by atoms with Crippen LogP contribution in [0.3, 0.4) is 0 Å². The molecule has 1 rings (SSSR count). The van der Waals surface area contributed by atoms with Gasteiger partial charge in [0.1, 0.15) is 0 Å². The number of hydrogen-bond donors (Lipinski definition) is 0. The molecule has 0 N–H and O–H groups in total. The zero-order valence-corrected chi connectivity index (χ0v) is 8.77. The molecule has 0 heterocycles. The lowest BCUT2D eigenvalue weighted by molar-refractivity contribution is 0.353. The lowest BCUT2D eigenvalue weighted by atomic mass is 10.1. The summed E-state index contributed by atoms with van der Waals surface area (Å²) in [6, 6.07) is 3.83. The van der Waals surface area contributed by atoms with Crippen molar-refractivity contribution in [2.24, 2.45) is 0 Å². The lowest BCUT2D eigenvalue weighted by Gasteiger charge is -2.10. The van der Waals surface area contributed by atoms with Crippen molar-refractivity contribution in [3.8, 4) is 11.5 Å². The zero-order valence-electron chi connectivity index (χ0n) is 7.96. The van der Waals surface area contributed by atoms with Gasteiger partial charge in [-0.15, -0.1) is 0 Å². The summed E-state index contributed by atoms with van der Waals surface area (Å²) >= 11 is 4.84. The van der Waals surface area contributed by atoms with Gasteiger partial charge in [0.2, 0.25) is 0 Å². The number of methoxy groups -OCH3 is 2. The summed E-state index contributed by atoms with van der Waals surface area (Å²) in [6.07, 6.45) is 0. The highest BCUT2D eigenvalue weighted by Crippen LogP contribution is 2.31. The van der Waals surface area contributed by atoms with E-state index >= 15 is 0 Å². The largest absolute Gasteiger partial charge is 0.493 e. The first kappa shape index (κ1) is 9.99. The first-order valence-corrected chi connectivity index (χ1v) is 4.38. The average Bonchev–Trinajstić information content (AvgIpc) is 2.16. The Morgan fingerprint density at radius 1 is 1.23 bits per heavy atom. The third-order valence-corrected chi connectivity index (χ3v) is 2.10. The van der Waals surface area contributed by atoms with E-state index in [1.807, 2.05) is 19.1 Å². The zero-order chi connectivity index (χ0) is 9.84. The Labute approximate surface area is 83.5 Å². The first-order valence-electron chi connectivity index (χ1n) is 3.90. The Hall–Kier alpha value is -1.09. The van der Waals surface area contributed by atoms with E-state index in [-0.39, 0.29) is 0 Å².